The van der Waals surface area contributed by atoms with E-state index >= 15 is 0 Å². The lowest BCUT2D eigenvalue weighted by Gasteiger charge is -2.45. The van der Waals surface area contributed by atoms with Crippen molar-refractivity contribution in [1.29, 1.82) is 0 Å². The normalized spacial score (nSPS) is 28.4. The van der Waals surface area contributed by atoms with Crippen molar-refractivity contribution >= 4 is 0 Å². The summed E-state index contributed by atoms with van der Waals surface area (Å²) in [5.74, 6) is 0. The number of nitrogens with zero attached hydrogens (tertiary/aromatic N) is 1. The van der Waals surface area contributed by atoms with E-state index in [1.165, 1.54) is 58.0 Å². The van der Waals surface area contributed by atoms with Crippen LogP contribution in [0.5, 0.6) is 0 Å². The summed E-state index contributed by atoms with van der Waals surface area (Å²) in [5, 5.41) is 3.57. The molecule has 1 saturated heterocycles. The molecule has 0 amide bonds. The van der Waals surface area contributed by atoms with Crippen molar-refractivity contribution in [2.45, 2.75) is 63.5 Å². The summed E-state index contributed by atoms with van der Waals surface area (Å²) in [4.78, 5) is 2.80. The maximum absolute atomic E-state index is 3.57. The molecule has 0 aromatic rings. The maximum Gasteiger partial charge on any atom is 0.0362 e. The summed E-state index contributed by atoms with van der Waals surface area (Å²) >= 11 is 0. The van der Waals surface area contributed by atoms with Crippen LogP contribution in [0.25, 0.3) is 0 Å². The van der Waals surface area contributed by atoms with Crippen molar-refractivity contribution in [2.24, 2.45) is 0 Å². The zero-order valence-corrected chi connectivity index (χ0v) is 10.4. The minimum absolute atomic E-state index is 0.514. The van der Waals surface area contributed by atoms with Crippen molar-refractivity contribution in [3.05, 3.63) is 0 Å². The number of nitrogens with one attached hydrogen (secondary N) is 1. The zero-order valence-electron chi connectivity index (χ0n) is 10.4. The van der Waals surface area contributed by atoms with Gasteiger partial charge < -0.3 is 5.32 Å². The number of likely N-dealkylation sites (tertiary alicyclic amines) is 1. The van der Waals surface area contributed by atoms with E-state index in [1.807, 2.05) is 0 Å². The molecule has 1 aliphatic heterocycles. The maximum atomic E-state index is 3.57. The summed E-state index contributed by atoms with van der Waals surface area (Å²) < 4.78 is 0. The largest absolute Gasteiger partial charge is 0.315 e. The average molecular weight is 210 g/mol. The average Bonchev–Trinajstić information content (AvgIpc) is 2.90. The molecule has 2 heteroatoms. The molecular formula is C13H26N2. The van der Waals surface area contributed by atoms with Gasteiger partial charge in [0.1, 0.15) is 0 Å². The molecule has 2 nitrogen and oxygen atoms in total. The van der Waals surface area contributed by atoms with Crippen LogP contribution in [-0.2, 0) is 0 Å². The quantitative estimate of drug-likeness (QED) is 0.766. The Hall–Kier alpha value is -0.0800. The minimum atomic E-state index is 0.514. The van der Waals surface area contributed by atoms with Crippen LogP contribution in [0.1, 0.15) is 51.9 Å². The minimum Gasteiger partial charge on any atom is -0.315 e. The predicted molar refractivity (Wildman–Crippen MR) is 65.1 cm³/mol. The van der Waals surface area contributed by atoms with Crippen molar-refractivity contribution in [3.63, 3.8) is 0 Å². The molecule has 2 aliphatic rings. The highest BCUT2D eigenvalue weighted by Crippen LogP contribution is 2.40. The van der Waals surface area contributed by atoms with E-state index in [-0.39, 0.29) is 0 Å². The molecule has 1 saturated carbocycles. The molecule has 2 rings (SSSR count). The van der Waals surface area contributed by atoms with Gasteiger partial charge in [0.05, 0.1) is 0 Å². The molecule has 0 radical (unpaired) electrons. The fourth-order valence-electron chi connectivity index (χ4n) is 3.89. The monoisotopic (exact) mass is 210 g/mol. The lowest BCUT2D eigenvalue weighted by molar-refractivity contribution is 0.0782. The summed E-state index contributed by atoms with van der Waals surface area (Å²) in [7, 11) is 2.14. The van der Waals surface area contributed by atoms with Gasteiger partial charge in [-0.15, -0.1) is 0 Å². The van der Waals surface area contributed by atoms with Gasteiger partial charge in [0.15, 0.2) is 0 Å². The molecule has 2 fully saturated rings. The molecule has 15 heavy (non-hydrogen) atoms. The van der Waals surface area contributed by atoms with E-state index in [1.54, 1.807) is 0 Å². The van der Waals surface area contributed by atoms with Crippen LogP contribution in [0.2, 0.25) is 0 Å². The van der Waals surface area contributed by atoms with E-state index in [0.717, 1.165) is 0 Å². The second-order valence-electron chi connectivity index (χ2n) is 5.25. The van der Waals surface area contributed by atoms with Crippen molar-refractivity contribution in [1.82, 2.24) is 10.2 Å². The highest BCUT2D eigenvalue weighted by molar-refractivity contribution is 5.03. The topological polar surface area (TPSA) is 15.3 Å². The smallest absolute Gasteiger partial charge is 0.0362 e. The highest BCUT2D eigenvalue weighted by Gasteiger charge is 2.45. The summed E-state index contributed by atoms with van der Waals surface area (Å²) in [5.41, 5.74) is 0.514. The Morgan fingerprint density at radius 3 is 2.20 bits per heavy atom. The van der Waals surface area contributed by atoms with Gasteiger partial charge in [-0.1, -0.05) is 19.8 Å². The van der Waals surface area contributed by atoms with Crippen LogP contribution in [0.4, 0.5) is 0 Å². The lowest BCUT2D eigenvalue weighted by Crippen LogP contribution is -2.58. The molecule has 1 unspecified atom stereocenters. The third-order valence-corrected chi connectivity index (χ3v) is 4.61. The third kappa shape index (κ3) is 1.94. The number of hydrogen-bond donors (Lipinski definition) is 1. The number of hydrogen-bond acceptors (Lipinski definition) is 2. The molecular weight excluding hydrogens is 184 g/mol. The van der Waals surface area contributed by atoms with Crippen LogP contribution in [0.3, 0.4) is 0 Å². The standard InChI is InChI=1S/C13H26N2/c1-3-12(14-2)13(8-4-5-9-13)15-10-6-7-11-15/h12,14H,3-11H2,1-2H3. The second-order valence-corrected chi connectivity index (χ2v) is 5.25. The van der Waals surface area contributed by atoms with Crippen molar-refractivity contribution in [2.75, 3.05) is 20.1 Å². The molecule has 0 bridgehead atoms. The van der Waals surface area contributed by atoms with Gasteiger partial charge in [0.2, 0.25) is 0 Å². The summed E-state index contributed by atoms with van der Waals surface area (Å²) in [6.07, 6.45) is 9.83. The SMILES string of the molecule is CCC(NC)C1(N2CCCC2)CCCC1. The second kappa shape index (κ2) is 4.84. The van der Waals surface area contributed by atoms with Gasteiger partial charge in [0.25, 0.3) is 0 Å². The van der Waals surface area contributed by atoms with Gasteiger partial charge in [-0.3, -0.25) is 4.90 Å². The van der Waals surface area contributed by atoms with Crippen LogP contribution in [-0.4, -0.2) is 36.6 Å². The Kier molecular flexibility index (Phi) is 3.68. The van der Waals surface area contributed by atoms with E-state index in [0.29, 0.717) is 11.6 Å². The first-order valence-electron chi connectivity index (χ1n) is 6.76. The Morgan fingerprint density at radius 2 is 1.73 bits per heavy atom. The van der Waals surface area contributed by atoms with Crippen LogP contribution in [0.15, 0.2) is 0 Å². The first kappa shape index (κ1) is 11.4. The van der Waals surface area contributed by atoms with Gasteiger partial charge in [0, 0.05) is 11.6 Å². The molecule has 0 spiro atoms. The zero-order chi connectivity index (χ0) is 10.7. The predicted octanol–water partition coefficient (Wildman–Crippen LogP) is 2.39. The first-order valence-corrected chi connectivity index (χ1v) is 6.76. The highest BCUT2D eigenvalue weighted by atomic mass is 15.2. The van der Waals surface area contributed by atoms with E-state index in [2.05, 4.69) is 24.2 Å². The van der Waals surface area contributed by atoms with Crippen LogP contribution < -0.4 is 5.32 Å². The van der Waals surface area contributed by atoms with Gasteiger partial charge >= 0.3 is 0 Å². The molecule has 88 valence electrons. The van der Waals surface area contributed by atoms with E-state index < -0.39 is 0 Å². The summed E-state index contributed by atoms with van der Waals surface area (Å²) in [6, 6.07) is 0.707. The molecule has 0 aromatic heterocycles. The summed E-state index contributed by atoms with van der Waals surface area (Å²) in [6.45, 7) is 5.02. The Labute approximate surface area is 94.4 Å². The molecule has 1 aliphatic carbocycles. The molecule has 1 atom stereocenters. The number of rotatable bonds is 4. The van der Waals surface area contributed by atoms with E-state index in [9.17, 15) is 0 Å². The van der Waals surface area contributed by atoms with Gasteiger partial charge in [-0.2, -0.15) is 0 Å². The van der Waals surface area contributed by atoms with Crippen molar-refractivity contribution in [3.8, 4) is 0 Å². The first-order chi connectivity index (χ1) is 7.33. The van der Waals surface area contributed by atoms with Crippen LogP contribution in [0, 0.1) is 0 Å². The lowest BCUT2D eigenvalue weighted by atomic mass is 9.84. The molecule has 0 aromatic carbocycles. The molecule has 1 heterocycles. The third-order valence-electron chi connectivity index (χ3n) is 4.61. The number of likely N-dealkylation sites (N-methyl/N-ethyl adjacent to an activating group) is 1. The van der Waals surface area contributed by atoms with Crippen molar-refractivity contribution < 1.29 is 0 Å². The fourth-order valence-corrected chi connectivity index (χ4v) is 3.89. The molecule has 1 N–H and O–H groups in total. The van der Waals surface area contributed by atoms with Crippen LogP contribution >= 0.6 is 0 Å². The van der Waals surface area contributed by atoms with E-state index in [4.69, 9.17) is 0 Å². The Morgan fingerprint density at radius 1 is 1.13 bits per heavy atom. The fraction of sp³-hybridized carbons (Fsp3) is 1.00. The Bertz CT molecular complexity index is 183. The Balaban J connectivity index is 2.14. The van der Waals surface area contributed by atoms with Gasteiger partial charge in [-0.25, -0.2) is 0 Å². The van der Waals surface area contributed by atoms with Gasteiger partial charge in [-0.05, 0) is 52.2 Å².